The number of rotatable bonds is 7. The third kappa shape index (κ3) is 4.47. The molecule has 0 amide bonds. The average Bonchev–Trinajstić information content (AvgIpc) is 2.54. The van der Waals surface area contributed by atoms with Gasteiger partial charge in [0.25, 0.3) is 0 Å². The molecule has 0 saturated heterocycles. The second-order valence-electron chi connectivity index (χ2n) is 5.75. The zero-order valence-electron chi connectivity index (χ0n) is 14.0. The minimum Gasteiger partial charge on any atom is -0.492 e. The van der Waals surface area contributed by atoms with Gasteiger partial charge in [-0.05, 0) is 55.4 Å². The molecule has 0 radical (unpaired) electrons. The van der Waals surface area contributed by atoms with E-state index in [1.807, 2.05) is 50.5 Å². The summed E-state index contributed by atoms with van der Waals surface area (Å²) in [5.41, 5.74) is 4.13. The van der Waals surface area contributed by atoms with Gasteiger partial charge in [-0.15, -0.1) is 0 Å². The average molecular weight is 334 g/mol. The van der Waals surface area contributed by atoms with E-state index in [0.717, 1.165) is 41.0 Å². The van der Waals surface area contributed by atoms with E-state index in [1.54, 1.807) is 0 Å². The van der Waals surface area contributed by atoms with Gasteiger partial charge in [-0.2, -0.15) is 0 Å². The van der Waals surface area contributed by atoms with Crippen molar-refractivity contribution in [1.82, 2.24) is 4.90 Å². The molecule has 0 bridgehead atoms. The van der Waals surface area contributed by atoms with E-state index < -0.39 is 0 Å². The Morgan fingerprint density at radius 3 is 2.35 bits per heavy atom. The summed E-state index contributed by atoms with van der Waals surface area (Å²) in [4.78, 5) is 2.09. The molecule has 0 aliphatic rings. The summed E-state index contributed by atoms with van der Waals surface area (Å²) in [5, 5.41) is 10.4. The number of aliphatic hydroxyl groups is 1. The van der Waals surface area contributed by atoms with Crippen LogP contribution in [-0.4, -0.2) is 37.3 Å². The van der Waals surface area contributed by atoms with Crippen LogP contribution < -0.4 is 4.74 Å². The molecule has 124 valence electrons. The molecule has 0 heterocycles. The van der Waals surface area contributed by atoms with Gasteiger partial charge in [-0.3, -0.25) is 0 Å². The quantitative estimate of drug-likeness (QED) is 0.831. The van der Waals surface area contributed by atoms with Gasteiger partial charge in [0, 0.05) is 17.1 Å². The highest BCUT2D eigenvalue weighted by Gasteiger charge is 2.14. The monoisotopic (exact) mass is 333 g/mol. The SMILES string of the molecule is CCc1c(OCCN(C)C)ccc(CO)c1-c1ccc(Cl)cc1. The maximum Gasteiger partial charge on any atom is 0.123 e. The number of ether oxygens (including phenoxy) is 1. The predicted molar refractivity (Wildman–Crippen MR) is 96.2 cm³/mol. The fourth-order valence-corrected chi connectivity index (χ4v) is 2.74. The molecule has 23 heavy (non-hydrogen) atoms. The molecule has 0 aliphatic carbocycles. The van der Waals surface area contributed by atoms with Gasteiger partial charge in [0.2, 0.25) is 0 Å². The Balaban J connectivity index is 2.43. The summed E-state index contributed by atoms with van der Waals surface area (Å²) < 4.78 is 5.97. The number of hydrogen-bond donors (Lipinski definition) is 1. The first-order chi connectivity index (χ1) is 11.1. The van der Waals surface area contributed by atoms with Crippen LogP contribution in [0.4, 0.5) is 0 Å². The molecule has 0 saturated carbocycles. The Hall–Kier alpha value is -1.55. The molecule has 0 unspecified atom stereocenters. The standard InChI is InChI=1S/C19H24ClNO2/c1-4-17-18(23-12-11-21(2)3)10-7-15(13-22)19(17)14-5-8-16(20)9-6-14/h5-10,22H,4,11-13H2,1-3H3. The van der Waals surface area contributed by atoms with Crippen molar-refractivity contribution in [3.63, 3.8) is 0 Å². The number of nitrogens with zero attached hydrogens (tertiary/aromatic N) is 1. The molecule has 0 aromatic heterocycles. The molecule has 2 aromatic carbocycles. The lowest BCUT2D eigenvalue weighted by Crippen LogP contribution is -2.19. The van der Waals surface area contributed by atoms with Crippen molar-refractivity contribution in [2.75, 3.05) is 27.2 Å². The highest BCUT2D eigenvalue weighted by Crippen LogP contribution is 2.35. The van der Waals surface area contributed by atoms with Crippen molar-refractivity contribution in [3.05, 3.63) is 52.5 Å². The van der Waals surface area contributed by atoms with E-state index in [-0.39, 0.29) is 6.61 Å². The summed E-state index contributed by atoms with van der Waals surface area (Å²) in [6, 6.07) is 11.6. The Bertz CT molecular complexity index is 639. The van der Waals surface area contributed by atoms with E-state index in [4.69, 9.17) is 16.3 Å². The lowest BCUT2D eigenvalue weighted by molar-refractivity contribution is 0.259. The molecule has 0 spiro atoms. The van der Waals surface area contributed by atoms with Crippen LogP contribution in [0, 0.1) is 0 Å². The number of likely N-dealkylation sites (N-methyl/N-ethyl adjacent to an activating group) is 1. The summed E-state index contributed by atoms with van der Waals surface area (Å²) in [6.07, 6.45) is 0.836. The van der Waals surface area contributed by atoms with Crippen molar-refractivity contribution < 1.29 is 9.84 Å². The van der Waals surface area contributed by atoms with E-state index in [1.165, 1.54) is 0 Å². The second kappa shape index (κ2) is 8.34. The Morgan fingerprint density at radius 2 is 1.78 bits per heavy atom. The minimum absolute atomic E-state index is 0.00291. The lowest BCUT2D eigenvalue weighted by Gasteiger charge is -2.19. The van der Waals surface area contributed by atoms with Gasteiger partial charge < -0.3 is 14.7 Å². The van der Waals surface area contributed by atoms with E-state index in [0.29, 0.717) is 11.6 Å². The zero-order valence-corrected chi connectivity index (χ0v) is 14.7. The molecular formula is C19H24ClNO2. The third-order valence-electron chi connectivity index (χ3n) is 3.81. The first-order valence-electron chi connectivity index (χ1n) is 7.85. The normalized spacial score (nSPS) is 11.0. The molecule has 2 rings (SSSR count). The minimum atomic E-state index is 0.00291. The summed E-state index contributed by atoms with van der Waals surface area (Å²) in [7, 11) is 4.05. The molecule has 0 aliphatic heterocycles. The van der Waals surface area contributed by atoms with Gasteiger partial charge in [0.1, 0.15) is 12.4 Å². The highest BCUT2D eigenvalue weighted by molar-refractivity contribution is 6.30. The smallest absolute Gasteiger partial charge is 0.123 e. The molecule has 3 nitrogen and oxygen atoms in total. The first kappa shape index (κ1) is 17.8. The van der Waals surface area contributed by atoms with Crippen molar-refractivity contribution >= 4 is 11.6 Å². The van der Waals surface area contributed by atoms with Gasteiger partial charge >= 0.3 is 0 Å². The molecular weight excluding hydrogens is 310 g/mol. The number of hydrogen-bond acceptors (Lipinski definition) is 3. The summed E-state index contributed by atoms with van der Waals surface area (Å²) in [5.74, 6) is 0.886. The summed E-state index contributed by atoms with van der Waals surface area (Å²) in [6.45, 7) is 3.61. The van der Waals surface area contributed by atoms with Crippen molar-refractivity contribution in [2.24, 2.45) is 0 Å². The van der Waals surface area contributed by atoms with Crippen LogP contribution in [0.5, 0.6) is 5.75 Å². The van der Waals surface area contributed by atoms with E-state index in [9.17, 15) is 5.11 Å². The molecule has 0 atom stereocenters. The second-order valence-corrected chi connectivity index (χ2v) is 6.18. The van der Waals surface area contributed by atoms with Crippen LogP contribution >= 0.6 is 11.6 Å². The number of aliphatic hydroxyl groups excluding tert-OH is 1. The van der Waals surface area contributed by atoms with Gasteiger partial charge in [0.05, 0.1) is 6.61 Å². The summed E-state index contributed by atoms with van der Waals surface area (Å²) >= 11 is 6.00. The van der Waals surface area contributed by atoms with E-state index >= 15 is 0 Å². The predicted octanol–water partition coefficient (Wildman–Crippen LogP) is 4.00. The maximum absolute atomic E-state index is 9.72. The fraction of sp³-hybridized carbons (Fsp3) is 0.368. The largest absolute Gasteiger partial charge is 0.492 e. The Morgan fingerprint density at radius 1 is 1.09 bits per heavy atom. The van der Waals surface area contributed by atoms with Gasteiger partial charge in [0.15, 0.2) is 0 Å². The molecule has 0 fully saturated rings. The topological polar surface area (TPSA) is 32.7 Å². The van der Waals surface area contributed by atoms with Crippen LogP contribution in [-0.2, 0) is 13.0 Å². The van der Waals surface area contributed by atoms with Crippen LogP contribution in [0.1, 0.15) is 18.1 Å². The van der Waals surface area contributed by atoms with Crippen LogP contribution in [0.15, 0.2) is 36.4 Å². The number of halogens is 1. The van der Waals surface area contributed by atoms with Crippen LogP contribution in [0.25, 0.3) is 11.1 Å². The third-order valence-corrected chi connectivity index (χ3v) is 4.06. The van der Waals surface area contributed by atoms with Gasteiger partial charge in [-0.1, -0.05) is 36.7 Å². The van der Waals surface area contributed by atoms with Crippen LogP contribution in [0.2, 0.25) is 5.02 Å². The first-order valence-corrected chi connectivity index (χ1v) is 8.23. The molecule has 2 aromatic rings. The van der Waals surface area contributed by atoms with Crippen LogP contribution in [0.3, 0.4) is 0 Å². The highest BCUT2D eigenvalue weighted by atomic mass is 35.5. The van der Waals surface area contributed by atoms with Crippen molar-refractivity contribution in [2.45, 2.75) is 20.0 Å². The van der Waals surface area contributed by atoms with Crippen molar-refractivity contribution in [3.8, 4) is 16.9 Å². The maximum atomic E-state index is 9.72. The number of benzene rings is 2. The Kier molecular flexibility index (Phi) is 6.46. The van der Waals surface area contributed by atoms with Gasteiger partial charge in [-0.25, -0.2) is 0 Å². The van der Waals surface area contributed by atoms with E-state index in [2.05, 4.69) is 11.8 Å². The molecule has 1 N–H and O–H groups in total. The fourth-order valence-electron chi connectivity index (χ4n) is 2.61. The zero-order chi connectivity index (χ0) is 16.8. The molecule has 4 heteroatoms. The lowest BCUT2D eigenvalue weighted by atomic mass is 9.92. The Labute approximate surface area is 143 Å². The van der Waals surface area contributed by atoms with Crippen molar-refractivity contribution in [1.29, 1.82) is 0 Å².